The number of thioether (sulfide) groups is 1. The molecule has 3 aromatic rings. The SMILES string of the molecule is COc1ccc(Cl)cc1-c1nnc(S/C(=C/c2ccc(N3CCCC3)cc2C)C(=O)O)o1. The number of rotatable bonds is 7. The number of halogens is 1. The Morgan fingerprint density at radius 3 is 2.69 bits per heavy atom. The van der Waals surface area contributed by atoms with Gasteiger partial charge in [0.1, 0.15) is 10.7 Å². The molecule has 2 aromatic carbocycles. The van der Waals surface area contributed by atoms with Gasteiger partial charge in [0.25, 0.3) is 11.1 Å². The van der Waals surface area contributed by atoms with E-state index in [1.54, 1.807) is 24.3 Å². The fraction of sp³-hybridized carbons (Fsp3) is 0.261. The third-order valence-corrected chi connectivity index (χ3v) is 6.30. The molecule has 1 aromatic heterocycles. The predicted molar refractivity (Wildman–Crippen MR) is 125 cm³/mol. The van der Waals surface area contributed by atoms with Gasteiger partial charge in [-0.1, -0.05) is 17.7 Å². The van der Waals surface area contributed by atoms with Crippen LogP contribution in [0.15, 0.2) is 50.9 Å². The van der Waals surface area contributed by atoms with E-state index in [4.69, 9.17) is 20.8 Å². The number of hydrogen-bond acceptors (Lipinski definition) is 7. The summed E-state index contributed by atoms with van der Waals surface area (Å²) in [5.41, 5.74) is 3.53. The second-order valence-electron chi connectivity index (χ2n) is 7.37. The molecule has 0 bridgehead atoms. The highest BCUT2D eigenvalue weighted by Gasteiger charge is 2.19. The van der Waals surface area contributed by atoms with Crippen LogP contribution in [-0.4, -0.2) is 41.5 Å². The molecule has 1 fully saturated rings. The van der Waals surface area contributed by atoms with Gasteiger partial charge in [0, 0.05) is 23.8 Å². The highest BCUT2D eigenvalue weighted by molar-refractivity contribution is 8.03. The van der Waals surface area contributed by atoms with Crippen molar-refractivity contribution in [2.75, 3.05) is 25.1 Å². The second kappa shape index (κ2) is 9.67. The van der Waals surface area contributed by atoms with E-state index in [0.29, 0.717) is 16.3 Å². The van der Waals surface area contributed by atoms with Gasteiger partial charge in [0.2, 0.25) is 0 Å². The Kier molecular flexibility index (Phi) is 6.72. The quantitative estimate of drug-likeness (QED) is 0.355. The Labute approximate surface area is 195 Å². The number of hydrogen-bond donors (Lipinski definition) is 1. The van der Waals surface area contributed by atoms with Crippen LogP contribution < -0.4 is 9.64 Å². The molecule has 1 saturated heterocycles. The molecule has 1 aliphatic rings. The average Bonchev–Trinajstić information content (AvgIpc) is 3.47. The molecule has 1 N–H and O–H groups in total. The third-order valence-electron chi connectivity index (χ3n) is 5.22. The number of nitrogens with zero attached hydrogens (tertiary/aromatic N) is 3. The monoisotopic (exact) mass is 471 g/mol. The van der Waals surface area contributed by atoms with Gasteiger partial charge < -0.3 is 19.2 Å². The highest BCUT2D eigenvalue weighted by atomic mass is 35.5. The van der Waals surface area contributed by atoms with E-state index >= 15 is 0 Å². The first-order valence-corrected chi connectivity index (χ1v) is 11.3. The standard InChI is InChI=1S/C23H22ClN3O4S/c1-14-11-17(27-9-3-4-10-27)7-5-15(14)12-20(22(28)29)32-23-26-25-21(31-23)18-13-16(24)6-8-19(18)30-2/h5-8,11-13H,3-4,9-10H2,1-2H3,(H,28,29)/b20-12+. The zero-order chi connectivity index (χ0) is 22.7. The van der Waals surface area contributed by atoms with Crippen LogP contribution in [0, 0.1) is 6.92 Å². The molecule has 0 atom stereocenters. The maximum Gasteiger partial charge on any atom is 0.342 e. The van der Waals surface area contributed by atoms with Crippen molar-refractivity contribution in [3.8, 4) is 17.2 Å². The summed E-state index contributed by atoms with van der Waals surface area (Å²) in [6.45, 7) is 4.09. The van der Waals surface area contributed by atoms with Crippen LogP contribution in [0.4, 0.5) is 5.69 Å². The first-order chi connectivity index (χ1) is 15.4. The van der Waals surface area contributed by atoms with E-state index in [9.17, 15) is 9.90 Å². The molecule has 0 amide bonds. The Morgan fingerprint density at radius 2 is 2.00 bits per heavy atom. The fourth-order valence-corrected chi connectivity index (χ4v) is 4.41. The lowest BCUT2D eigenvalue weighted by Gasteiger charge is -2.18. The van der Waals surface area contributed by atoms with Gasteiger partial charge in [-0.25, -0.2) is 4.79 Å². The molecular formula is C23H22ClN3O4S. The van der Waals surface area contributed by atoms with Crippen LogP contribution in [0.5, 0.6) is 5.75 Å². The summed E-state index contributed by atoms with van der Waals surface area (Å²) in [5.74, 6) is -0.349. The number of carbonyl (C=O) groups is 1. The molecule has 7 nitrogen and oxygen atoms in total. The summed E-state index contributed by atoms with van der Waals surface area (Å²) in [7, 11) is 1.53. The van der Waals surface area contributed by atoms with Crippen LogP contribution in [0.2, 0.25) is 5.02 Å². The topological polar surface area (TPSA) is 88.7 Å². The van der Waals surface area contributed by atoms with Crippen LogP contribution >= 0.6 is 23.4 Å². The number of carboxylic acids is 1. The molecule has 0 radical (unpaired) electrons. The van der Waals surface area contributed by atoms with Crippen molar-refractivity contribution in [1.82, 2.24) is 10.2 Å². The van der Waals surface area contributed by atoms with Crippen LogP contribution in [-0.2, 0) is 4.79 Å². The molecule has 4 rings (SSSR count). The number of carboxylic acid groups (broad SMARTS) is 1. The maximum atomic E-state index is 11.9. The number of benzene rings is 2. The van der Waals surface area contributed by atoms with Crippen molar-refractivity contribution in [3.05, 3.63) is 57.5 Å². The minimum atomic E-state index is -1.07. The first kappa shape index (κ1) is 22.2. The number of methoxy groups -OCH3 is 1. The molecule has 32 heavy (non-hydrogen) atoms. The van der Waals surface area contributed by atoms with Crippen molar-refractivity contribution in [2.24, 2.45) is 0 Å². The van der Waals surface area contributed by atoms with E-state index in [2.05, 4.69) is 21.2 Å². The van der Waals surface area contributed by atoms with Gasteiger partial charge in [0.15, 0.2) is 0 Å². The summed E-state index contributed by atoms with van der Waals surface area (Å²) < 4.78 is 11.0. The number of anilines is 1. The number of aliphatic carboxylic acids is 1. The van der Waals surface area contributed by atoms with Gasteiger partial charge in [-0.15, -0.1) is 10.2 Å². The summed E-state index contributed by atoms with van der Waals surface area (Å²) in [6, 6.07) is 11.1. The van der Waals surface area contributed by atoms with Gasteiger partial charge >= 0.3 is 5.97 Å². The van der Waals surface area contributed by atoms with Gasteiger partial charge in [-0.2, -0.15) is 0 Å². The summed E-state index contributed by atoms with van der Waals surface area (Å²) in [4.78, 5) is 14.3. The summed E-state index contributed by atoms with van der Waals surface area (Å²) in [6.07, 6.45) is 4.03. The molecule has 0 saturated carbocycles. The lowest BCUT2D eigenvalue weighted by molar-refractivity contribution is -0.131. The predicted octanol–water partition coefficient (Wildman–Crippen LogP) is 5.53. The number of ether oxygens (including phenoxy) is 1. The molecule has 2 heterocycles. The fourth-order valence-electron chi connectivity index (χ4n) is 3.57. The van der Waals surface area contributed by atoms with Gasteiger partial charge in [0.05, 0.1) is 12.7 Å². The second-order valence-corrected chi connectivity index (χ2v) is 8.80. The lowest BCUT2D eigenvalue weighted by atomic mass is 10.1. The molecule has 0 unspecified atom stereocenters. The van der Waals surface area contributed by atoms with Crippen LogP contribution in [0.3, 0.4) is 0 Å². The van der Waals surface area contributed by atoms with E-state index in [-0.39, 0.29) is 16.0 Å². The van der Waals surface area contributed by atoms with Crippen molar-refractivity contribution in [3.63, 3.8) is 0 Å². The van der Waals surface area contributed by atoms with Crippen molar-refractivity contribution in [2.45, 2.75) is 25.0 Å². The lowest BCUT2D eigenvalue weighted by Crippen LogP contribution is -2.17. The highest BCUT2D eigenvalue weighted by Crippen LogP contribution is 2.35. The molecule has 1 aliphatic heterocycles. The molecular weight excluding hydrogens is 450 g/mol. The van der Waals surface area contributed by atoms with Crippen LogP contribution in [0.25, 0.3) is 17.5 Å². The smallest absolute Gasteiger partial charge is 0.342 e. The van der Waals surface area contributed by atoms with E-state index in [1.807, 2.05) is 19.1 Å². The zero-order valence-corrected chi connectivity index (χ0v) is 19.2. The Morgan fingerprint density at radius 1 is 1.22 bits per heavy atom. The van der Waals surface area contributed by atoms with E-state index in [0.717, 1.165) is 36.0 Å². The normalized spacial score (nSPS) is 14.1. The molecule has 0 aliphatic carbocycles. The molecule has 0 spiro atoms. The third kappa shape index (κ3) is 4.92. The number of aromatic nitrogens is 2. The van der Waals surface area contributed by atoms with Crippen molar-refractivity contribution < 1.29 is 19.1 Å². The summed E-state index contributed by atoms with van der Waals surface area (Å²) >= 11 is 6.97. The molecule has 166 valence electrons. The largest absolute Gasteiger partial charge is 0.496 e. The molecule has 9 heteroatoms. The van der Waals surface area contributed by atoms with Crippen molar-refractivity contribution >= 4 is 41.1 Å². The first-order valence-electron chi connectivity index (χ1n) is 10.1. The Hall–Kier alpha value is -2.97. The van der Waals surface area contributed by atoms with E-state index < -0.39 is 5.97 Å². The number of aryl methyl sites for hydroxylation is 1. The minimum Gasteiger partial charge on any atom is -0.496 e. The maximum absolute atomic E-state index is 11.9. The Bertz CT molecular complexity index is 1170. The summed E-state index contributed by atoms with van der Waals surface area (Å²) in [5, 5.41) is 18.4. The average molecular weight is 472 g/mol. The van der Waals surface area contributed by atoms with Crippen LogP contribution in [0.1, 0.15) is 24.0 Å². The van der Waals surface area contributed by atoms with Crippen molar-refractivity contribution in [1.29, 1.82) is 0 Å². The van der Waals surface area contributed by atoms with Gasteiger partial charge in [-0.3, -0.25) is 0 Å². The minimum absolute atomic E-state index is 0.0790. The Balaban J connectivity index is 1.58. The van der Waals surface area contributed by atoms with Gasteiger partial charge in [-0.05, 0) is 79.1 Å². The van der Waals surface area contributed by atoms with E-state index in [1.165, 1.54) is 25.6 Å². The zero-order valence-electron chi connectivity index (χ0n) is 17.7.